The number of carbonyl (C=O) groups excluding carboxylic acids is 1. The first-order valence-electron chi connectivity index (χ1n) is 5.93. The number of amides is 1. The van der Waals surface area contributed by atoms with Crippen LogP contribution in [0.5, 0.6) is 5.75 Å². The van der Waals surface area contributed by atoms with E-state index >= 15 is 0 Å². The first-order chi connectivity index (χ1) is 8.60. The van der Waals surface area contributed by atoms with Crippen molar-refractivity contribution in [1.29, 1.82) is 0 Å². The highest BCUT2D eigenvalue weighted by Crippen LogP contribution is 2.21. The topological polar surface area (TPSA) is 64.3 Å². The summed E-state index contributed by atoms with van der Waals surface area (Å²) in [6.45, 7) is 2.43. The summed E-state index contributed by atoms with van der Waals surface area (Å²) in [5.41, 5.74) is 5.34. The average Bonchev–Trinajstić information content (AvgIpc) is 2.35. The quantitative estimate of drug-likeness (QED) is 0.812. The number of rotatable bonds is 6. The molecule has 1 rings (SSSR count). The van der Waals surface area contributed by atoms with Gasteiger partial charge in [0.15, 0.2) is 0 Å². The van der Waals surface area contributed by atoms with Gasteiger partial charge in [-0.2, -0.15) is 0 Å². The lowest BCUT2D eigenvalue weighted by atomic mass is 10.1. The van der Waals surface area contributed by atoms with Crippen molar-refractivity contribution >= 4 is 5.91 Å². The number of nitrogens with two attached hydrogens (primary N) is 1. The third kappa shape index (κ3) is 3.70. The largest absolute Gasteiger partial charge is 0.496 e. The van der Waals surface area contributed by atoms with Crippen molar-refractivity contribution in [3.63, 3.8) is 0 Å². The molecule has 0 aliphatic carbocycles. The number of hydrogen-bond acceptors (Lipinski definition) is 3. The fraction of sp³-hybridized carbons (Fsp3) is 0.462. The van der Waals surface area contributed by atoms with Crippen molar-refractivity contribution < 1.29 is 13.9 Å². The molecule has 0 bridgehead atoms. The predicted octanol–water partition coefficient (Wildman–Crippen LogP) is 1.69. The third-order valence-electron chi connectivity index (χ3n) is 2.64. The molecule has 100 valence electrons. The van der Waals surface area contributed by atoms with Crippen LogP contribution in [0.2, 0.25) is 0 Å². The third-order valence-corrected chi connectivity index (χ3v) is 2.64. The van der Waals surface area contributed by atoms with Gasteiger partial charge in [-0.25, -0.2) is 4.39 Å². The molecule has 5 heteroatoms. The molecule has 0 saturated heterocycles. The SMILES string of the molecule is COc1cccc(F)c1C(=O)NC(C)CCCN. The molecule has 0 radical (unpaired) electrons. The molecule has 1 unspecified atom stereocenters. The standard InChI is InChI=1S/C13H19FN2O2/c1-9(5-4-8-15)16-13(17)12-10(14)6-3-7-11(12)18-2/h3,6-7,9H,4-5,8,15H2,1-2H3,(H,16,17). The van der Waals surface area contributed by atoms with Crippen LogP contribution in [0.3, 0.4) is 0 Å². The van der Waals surface area contributed by atoms with E-state index < -0.39 is 11.7 Å². The predicted molar refractivity (Wildman–Crippen MR) is 68.2 cm³/mol. The van der Waals surface area contributed by atoms with Crippen molar-refractivity contribution in [2.45, 2.75) is 25.8 Å². The van der Waals surface area contributed by atoms with Crippen molar-refractivity contribution in [2.75, 3.05) is 13.7 Å². The lowest BCUT2D eigenvalue weighted by Crippen LogP contribution is -2.33. The Morgan fingerprint density at radius 3 is 2.89 bits per heavy atom. The van der Waals surface area contributed by atoms with E-state index in [1.807, 2.05) is 6.92 Å². The van der Waals surface area contributed by atoms with Gasteiger partial charge in [0.25, 0.3) is 5.91 Å². The van der Waals surface area contributed by atoms with Crippen molar-refractivity contribution in [3.8, 4) is 5.75 Å². The molecular weight excluding hydrogens is 235 g/mol. The summed E-state index contributed by atoms with van der Waals surface area (Å²) >= 11 is 0. The molecule has 18 heavy (non-hydrogen) atoms. The molecule has 0 aromatic heterocycles. The van der Waals surface area contributed by atoms with Gasteiger partial charge in [-0.3, -0.25) is 4.79 Å². The molecule has 0 aliphatic heterocycles. The number of nitrogens with one attached hydrogen (secondary N) is 1. The summed E-state index contributed by atoms with van der Waals surface area (Å²) in [6.07, 6.45) is 1.58. The van der Waals surface area contributed by atoms with Crippen LogP contribution in [0.25, 0.3) is 0 Å². The molecular formula is C13H19FN2O2. The zero-order valence-corrected chi connectivity index (χ0v) is 10.7. The minimum absolute atomic E-state index is 0.0506. The van der Waals surface area contributed by atoms with Crippen LogP contribution in [0.1, 0.15) is 30.1 Å². The second-order valence-electron chi connectivity index (χ2n) is 4.12. The smallest absolute Gasteiger partial charge is 0.258 e. The highest BCUT2D eigenvalue weighted by atomic mass is 19.1. The molecule has 1 atom stereocenters. The Hall–Kier alpha value is -1.62. The fourth-order valence-corrected chi connectivity index (χ4v) is 1.69. The zero-order valence-electron chi connectivity index (χ0n) is 10.7. The maximum Gasteiger partial charge on any atom is 0.258 e. The van der Waals surface area contributed by atoms with Crippen LogP contribution in [-0.4, -0.2) is 25.6 Å². The number of halogens is 1. The Balaban J connectivity index is 2.78. The molecule has 0 aliphatic rings. The number of hydrogen-bond donors (Lipinski definition) is 2. The van der Waals surface area contributed by atoms with Gasteiger partial charge in [-0.1, -0.05) is 6.07 Å². The van der Waals surface area contributed by atoms with Gasteiger partial charge >= 0.3 is 0 Å². The van der Waals surface area contributed by atoms with Crippen molar-refractivity contribution in [2.24, 2.45) is 5.73 Å². The zero-order chi connectivity index (χ0) is 13.5. The van der Waals surface area contributed by atoms with Gasteiger partial charge in [0, 0.05) is 6.04 Å². The molecule has 0 saturated carbocycles. The van der Waals surface area contributed by atoms with E-state index in [9.17, 15) is 9.18 Å². The van der Waals surface area contributed by atoms with E-state index in [0.717, 1.165) is 12.8 Å². The van der Waals surface area contributed by atoms with Gasteiger partial charge in [0.05, 0.1) is 7.11 Å². The Labute approximate surface area is 106 Å². The summed E-state index contributed by atoms with van der Waals surface area (Å²) in [6, 6.07) is 4.25. The summed E-state index contributed by atoms with van der Waals surface area (Å²) in [5, 5.41) is 2.73. The summed E-state index contributed by atoms with van der Waals surface area (Å²) in [4.78, 5) is 12.0. The Bertz CT molecular complexity index is 410. The highest BCUT2D eigenvalue weighted by Gasteiger charge is 2.18. The van der Waals surface area contributed by atoms with E-state index in [1.165, 1.54) is 19.2 Å². The molecule has 0 heterocycles. The number of ether oxygens (including phenoxy) is 1. The number of benzene rings is 1. The van der Waals surface area contributed by atoms with Gasteiger partial charge in [0.1, 0.15) is 17.1 Å². The van der Waals surface area contributed by atoms with Crippen LogP contribution in [-0.2, 0) is 0 Å². The molecule has 3 N–H and O–H groups in total. The summed E-state index contributed by atoms with van der Waals surface area (Å²) in [7, 11) is 1.41. The molecule has 1 aromatic carbocycles. The van der Waals surface area contributed by atoms with E-state index in [2.05, 4.69) is 5.32 Å². The molecule has 1 aromatic rings. The van der Waals surface area contributed by atoms with E-state index in [-0.39, 0.29) is 17.4 Å². The Morgan fingerprint density at radius 1 is 1.56 bits per heavy atom. The number of methoxy groups -OCH3 is 1. The van der Waals surface area contributed by atoms with E-state index in [4.69, 9.17) is 10.5 Å². The summed E-state index contributed by atoms with van der Waals surface area (Å²) < 4.78 is 18.6. The van der Waals surface area contributed by atoms with E-state index in [0.29, 0.717) is 6.54 Å². The fourth-order valence-electron chi connectivity index (χ4n) is 1.69. The summed E-state index contributed by atoms with van der Waals surface area (Å²) in [5.74, 6) is -0.814. The highest BCUT2D eigenvalue weighted by molar-refractivity contribution is 5.97. The van der Waals surface area contributed by atoms with Gasteiger partial charge in [-0.05, 0) is 38.4 Å². The minimum Gasteiger partial charge on any atom is -0.496 e. The lowest BCUT2D eigenvalue weighted by Gasteiger charge is -2.15. The van der Waals surface area contributed by atoms with Crippen LogP contribution in [0.4, 0.5) is 4.39 Å². The van der Waals surface area contributed by atoms with Crippen LogP contribution < -0.4 is 15.8 Å². The molecule has 0 spiro atoms. The average molecular weight is 254 g/mol. The molecule has 4 nitrogen and oxygen atoms in total. The second-order valence-corrected chi connectivity index (χ2v) is 4.12. The molecule has 0 fully saturated rings. The number of carbonyl (C=O) groups is 1. The van der Waals surface area contributed by atoms with Gasteiger partial charge < -0.3 is 15.8 Å². The van der Waals surface area contributed by atoms with Crippen molar-refractivity contribution in [3.05, 3.63) is 29.6 Å². The van der Waals surface area contributed by atoms with Gasteiger partial charge in [0.2, 0.25) is 0 Å². The first kappa shape index (κ1) is 14.4. The monoisotopic (exact) mass is 254 g/mol. The van der Waals surface area contributed by atoms with Crippen LogP contribution >= 0.6 is 0 Å². The maximum atomic E-state index is 13.6. The molecule has 1 amide bonds. The maximum absolute atomic E-state index is 13.6. The van der Waals surface area contributed by atoms with Crippen LogP contribution in [0, 0.1) is 5.82 Å². The van der Waals surface area contributed by atoms with Crippen molar-refractivity contribution in [1.82, 2.24) is 5.32 Å². The lowest BCUT2D eigenvalue weighted by molar-refractivity contribution is 0.0930. The minimum atomic E-state index is -0.585. The second kappa shape index (κ2) is 6.96. The van der Waals surface area contributed by atoms with E-state index in [1.54, 1.807) is 6.07 Å². The van der Waals surface area contributed by atoms with Crippen LogP contribution in [0.15, 0.2) is 18.2 Å². The normalized spacial score (nSPS) is 12.0. The first-order valence-corrected chi connectivity index (χ1v) is 5.93. The Morgan fingerprint density at radius 2 is 2.28 bits per heavy atom. The Kier molecular flexibility index (Phi) is 5.58. The van der Waals surface area contributed by atoms with Gasteiger partial charge in [-0.15, -0.1) is 0 Å².